The van der Waals surface area contributed by atoms with Crippen LogP contribution in [0.5, 0.6) is 5.75 Å². The van der Waals surface area contributed by atoms with Gasteiger partial charge in [0.05, 0.1) is 18.6 Å². The number of aliphatic hydroxyl groups is 1. The Morgan fingerprint density at radius 3 is 2.67 bits per heavy atom. The Kier molecular flexibility index (Phi) is 4.91. The summed E-state index contributed by atoms with van der Waals surface area (Å²) < 4.78 is 32.3. The van der Waals surface area contributed by atoms with Crippen LogP contribution in [0.25, 0.3) is 0 Å². The first-order valence-corrected chi connectivity index (χ1v) is 8.63. The minimum Gasteiger partial charge on any atom is -0.496 e. The van der Waals surface area contributed by atoms with Gasteiger partial charge >= 0.3 is 0 Å². The average molecular weight is 313 g/mol. The van der Waals surface area contributed by atoms with Crippen LogP contribution in [-0.4, -0.2) is 37.5 Å². The highest BCUT2D eigenvalue weighted by molar-refractivity contribution is 7.89. The normalized spacial score (nSPS) is 24.0. The van der Waals surface area contributed by atoms with Crippen LogP contribution in [0.1, 0.15) is 32.3 Å². The molecule has 1 heterocycles. The van der Waals surface area contributed by atoms with Crippen molar-refractivity contribution in [3.8, 4) is 5.75 Å². The molecule has 2 atom stereocenters. The summed E-state index contributed by atoms with van der Waals surface area (Å²) in [6.45, 7) is 4.31. The Balaban J connectivity index is 2.39. The van der Waals surface area contributed by atoms with Gasteiger partial charge in [-0.05, 0) is 43.9 Å². The third-order valence-corrected chi connectivity index (χ3v) is 6.07. The highest BCUT2D eigenvalue weighted by atomic mass is 32.2. The largest absolute Gasteiger partial charge is 0.496 e. The fourth-order valence-corrected chi connectivity index (χ4v) is 4.59. The molecule has 2 unspecified atom stereocenters. The SMILES string of the molecule is COc1ccc(S(=O)(=O)N2CC(C)CCC2C)cc1CO. The van der Waals surface area contributed by atoms with Gasteiger partial charge in [-0.25, -0.2) is 8.42 Å². The number of benzene rings is 1. The summed E-state index contributed by atoms with van der Waals surface area (Å²) >= 11 is 0. The van der Waals surface area contributed by atoms with Crippen molar-refractivity contribution in [2.45, 2.75) is 44.2 Å². The molecule has 1 fully saturated rings. The van der Waals surface area contributed by atoms with Crippen molar-refractivity contribution >= 4 is 10.0 Å². The molecule has 1 saturated heterocycles. The summed E-state index contributed by atoms with van der Waals surface area (Å²) in [6, 6.07) is 4.64. The molecule has 2 rings (SSSR count). The molecule has 21 heavy (non-hydrogen) atoms. The molecule has 5 nitrogen and oxygen atoms in total. The lowest BCUT2D eigenvalue weighted by atomic mass is 9.97. The van der Waals surface area contributed by atoms with E-state index in [1.165, 1.54) is 13.2 Å². The first-order chi connectivity index (χ1) is 9.90. The van der Waals surface area contributed by atoms with Crippen LogP contribution in [0.2, 0.25) is 0 Å². The monoisotopic (exact) mass is 313 g/mol. The van der Waals surface area contributed by atoms with Crippen molar-refractivity contribution in [3.63, 3.8) is 0 Å². The van der Waals surface area contributed by atoms with E-state index in [9.17, 15) is 13.5 Å². The molecular formula is C15H23NO4S. The van der Waals surface area contributed by atoms with Crippen molar-refractivity contribution < 1.29 is 18.3 Å². The van der Waals surface area contributed by atoms with Crippen LogP contribution in [0, 0.1) is 5.92 Å². The van der Waals surface area contributed by atoms with Crippen LogP contribution in [0.3, 0.4) is 0 Å². The number of ether oxygens (including phenoxy) is 1. The Morgan fingerprint density at radius 2 is 2.05 bits per heavy atom. The highest BCUT2D eigenvalue weighted by Gasteiger charge is 2.33. The number of nitrogens with zero attached hydrogens (tertiary/aromatic N) is 1. The van der Waals surface area contributed by atoms with Gasteiger partial charge in [0, 0.05) is 18.2 Å². The lowest BCUT2D eigenvalue weighted by Crippen LogP contribution is -2.44. The Bertz CT molecular complexity index is 600. The number of methoxy groups -OCH3 is 1. The van der Waals surface area contributed by atoms with Crippen molar-refractivity contribution in [2.24, 2.45) is 5.92 Å². The standard InChI is InChI=1S/C15H23NO4S/c1-11-4-5-12(2)16(9-11)21(18,19)14-6-7-15(20-3)13(8-14)10-17/h6-8,11-12,17H,4-5,9-10H2,1-3H3. The van der Waals surface area contributed by atoms with Gasteiger partial charge in [0.2, 0.25) is 10.0 Å². The summed E-state index contributed by atoms with van der Waals surface area (Å²) in [5.41, 5.74) is 0.483. The van der Waals surface area contributed by atoms with Crippen LogP contribution >= 0.6 is 0 Å². The number of rotatable bonds is 4. The van der Waals surface area contributed by atoms with E-state index in [1.54, 1.807) is 16.4 Å². The molecule has 0 aromatic heterocycles. The molecule has 1 aromatic carbocycles. The smallest absolute Gasteiger partial charge is 0.243 e. The second kappa shape index (κ2) is 6.34. The first-order valence-electron chi connectivity index (χ1n) is 7.19. The van der Waals surface area contributed by atoms with E-state index in [1.807, 2.05) is 6.92 Å². The molecule has 0 saturated carbocycles. The fourth-order valence-electron chi connectivity index (χ4n) is 2.76. The molecule has 6 heteroatoms. The Hall–Kier alpha value is -1.11. The van der Waals surface area contributed by atoms with Gasteiger partial charge in [-0.1, -0.05) is 6.92 Å². The van der Waals surface area contributed by atoms with E-state index >= 15 is 0 Å². The Labute approximate surface area is 126 Å². The van der Waals surface area contributed by atoms with E-state index in [4.69, 9.17) is 4.74 Å². The zero-order valence-corrected chi connectivity index (χ0v) is 13.6. The van der Waals surface area contributed by atoms with Gasteiger partial charge in [-0.2, -0.15) is 4.31 Å². The number of sulfonamides is 1. The molecule has 0 amide bonds. The zero-order valence-electron chi connectivity index (χ0n) is 12.7. The van der Waals surface area contributed by atoms with Crippen molar-refractivity contribution in [3.05, 3.63) is 23.8 Å². The van der Waals surface area contributed by atoms with E-state index in [0.29, 0.717) is 23.8 Å². The van der Waals surface area contributed by atoms with Crippen molar-refractivity contribution in [1.29, 1.82) is 0 Å². The predicted molar refractivity (Wildman–Crippen MR) is 80.7 cm³/mol. The topological polar surface area (TPSA) is 66.8 Å². The molecular weight excluding hydrogens is 290 g/mol. The highest BCUT2D eigenvalue weighted by Crippen LogP contribution is 2.30. The average Bonchev–Trinajstić information content (AvgIpc) is 2.48. The number of hydrogen-bond donors (Lipinski definition) is 1. The van der Waals surface area contributed by atoms with Gasteiger partial charge in [-0.3, -0.25) is 0 Å². The number of hydrogen-bond acceptors (Lipinski definition) is 4. The molecule has 118 valence electrons. The van der Waals surface area contributed by atoms with E-state index in [0.717, 1.165) is 12.8 Å². The lowest BCUT2D eigenvalue weighted by molar-refractivity contribution is 0.218. The van der Waals surface area contributed by atoms with Crippen LogP contribution in [-0.2, 0) is 16.6 Å². The quantitative estimate of drug-likeness (QED) is 0.923. The molecule has 1 N–H and O–H groups in total. The second-order valence-electron chi connectivity index (χ2n) is 5.74. The maximum atomic E-state index is 12.8. The number of aliphatic hydroxyl groups excluding tert-OH is 1. The lowest BCUT2D eigenvalue weighted by Gasteiger charge is -2.35. The van der Waals surface area contributed by atoms with E-state index < -0.39 is 10.0 Å². The molecule has 0 spiro atoms. The molecule has 1 aliphatic rings. The van der Waals surface area contributed by atoms with E-state index in [2.05, 4.69) is 6.92 Å². The zero-order chi connectivity index (χ0) is 15.6. The van der Waals surface area contributed by atoms with E-state index in [-0.39, 0.29) is 17.5 Å². The fraction of sp³-hybridized carbons (Fsp3) is 0.600. The molecule has 1 aromatic rings. The Morgan fingerprint density at radius 1 is 1.33 bits per heavy atom. The van der Waals surface area contributed by atoms with Gasteiger partial charge in [0.25, 0.3) is 0 Å². The minimum atomic E-state index is -3.54. The summed E-state index contributed by atoms with van der Waals surface area (Å²) in [5, 5.41) is 9.36. The van der Waals surface area contributed by atoms with Crippen LogP contribution in [0.15, 0.2) is 23.1 Å². The molecule has 0 bridgehead atoms. The predicted octanol–water partition coefficient (Wildman–Crippen LogP) is 2.00. The summed E-state index contributed by atoms with van der Waals surface area (Å²) in [6.07, 6.45) is 1.93. The summed E-state index contributed by atoms with van der Waals surface area (Å²) in [4.78, 5) is 0.216. The first kappa shape index (κ1) is 16.3. The summed E-state index contributed by atoms with van der Waals surface area (Å²) in [5.74, 6) is 0.864. The third-order valence-electron chi connectivity index (χ3n) is 4.09. The second-order valence-corrected chi connectivity index (χ2v) is 7.63. The number of piperidine rings is 1. The minimum absolute atomic E-state index is 0.00544. The van der Waals surface area contributed by atoms with Crippen LogP contribution < -0.4 is 4.74 Å². The maximum Gasteiger partial charge on any atom is 0.243 e. The van der Waals surface area contributed by atoms with Gasteiger partial charge in [0.15, 0.2) is 0 Å². The van der Waals surface area contributed by atoms with Crippen LogP contribution in [0.4, 0.5) is 0 Å². The molecule has 1 aliphatic heterocycles. The van der Waals surface area contributed by atoms with Gasteiger partial charge < -0.3 is 9.84 Å². The maximum absolute atomic E-state index is 12.8. The van der Waals surface area contributed by atoms with Crippen molar-refractivity contribution in [2.75, 3.05) is 13.7 Å². The molecule has 0 aliphatic carbocycles. The molecule has 0 radical (unpaired) electrons. The summed E-state index contributed by atoms with van der Waals surface area (Å²) in [7, 11) is -2.04. The third kappa shape index (κ3) is 3.22. The van der Waals surface area contributed by atoms with Gasteiger partial charge in [-0.15, -0.1) is 0 Å². The van der Waals surface area contributed by atoms with Gasteiger partial charge in [0.1, 0.15) is 5.75 Å². The van der Waals surface area contributed by atoms with Crippen molar-refractivity contribution in [1.82, 2.24) is 4.31 Å².